The van der Waals surface area contributed by atoms with E-state index in [2.05, 4.69) is 9.98 Å². The average Bonchev–Trinajstić information content (AvgIpc) is 2.26. The van der Waals surface area contributed by atoms with Crippen LogP contribution in [0.4, 0.5) is 0 Å². The summed E-state index contributed by atoms with van der Waals surface area (Å²) in [4.78, 5) is 15.9. The third-order valence-electron chi connectivity index (χ3n) is 1.58. The number of nitrogens with two attached hydrogens (primary N) is 3. The molecule has 1 rings (SSSR count). The van der Waals surface area contributed by atoms with E-state index in [4.69, 9.17) is 44.1 Å². The van der Waals surface area contributed by atoms with Crippen molar-refractivity contribution >= 4 is 23.5 Å². The number of hydrogen-bond donors (Lipinski definition) is 4. The number of halogens is 1. The Morgan fingerprint density at radius 1 is 1.32 bits per heavy atom. The summed E-state index contributed by atoms with van der Waals surface area (Å²) in [5.74, 6) is -0.0442. The molecule has 0 aliphatic carbocycles. The van der Waals surface area contributed by atoms with Gasteiger partial charge in [0, 0.05) is 5.02 Å². The summed E-state index contributed by atoms with van der Waals surface area (Å²) in [5.41, 5.74) is 16.7. The fourth-order valence-electron chi connectivity index (χ4n) is 0.930. The number of benzene rings is 1. The molecule has 0 atom stereocenters. The van der Waals surface area contributed by atoms with Crippen LogP contribution < -0.4 is 17.2 Å². The lowest BCUT2D eigenvalue weighted by Gasteiger charge is -1.97. The van der Waals surface area contributed by atoms with Crippen molar-refractivity contribution in [3.8, 4) is 0 Å². The summed E-state index contributed by atoms with van der Waals surface area (Å²) in [6.07, 6.45) is 0. The Balaban J connectivity index is 0.000000711. The second-order valence-electron chi connectivity index (χ2n) is 3.08. The summed E-state index contributed by atoms with van der Waals surface area (Å²) >= 11 is 5.73. The van der Waals surface area contributed by atoms with E-state index in [0.29, 0.717) is 11.6 Å². The van der Waals surface area contributed by atoms with Crippen LogP contribution in [0, 0.1) is 10.1 Å². The molecule has 0 amide bonds. The maximum atomic E-state index is 8.36. The Morgan fingerprint density at radius 2 is 1.79 bits per heavy atom. The Hall–Kier alpha value is -2.55. The molecule has 0 saturated heterocycles. The van der Waals surface area contributed by atoms with E-state index in [0.717, 1.165) is 5.56 Å². The number of guanidine groups is 2. The van der Waals surface area contributed by atoms with Gasteiger partial charge in [-0.05, 0) is 17.7 Å². The van der Waals surface area contributed by atoms with Gasteiger partial charge in [0.1, 0.15) is 0 Å². The zero-order valence-electron chi connectivity index (χ0n) is 9.73. The molecule has 0 bridgehead atoms. The average molecular weight is 289 g/mol. The van der Waals surface area contributed by atoms with Crippen molar-refractivity contribution in [3.05, 3.63) is 45.0 Å². The Morgan fingerprint density at radius 3 is 2.21 bits per heavy atom. The van der Waals surface area contributed by atoms with Gasteiger partial charge >= 0.3 is 0 Å². The van der Waals surface area contributed by atoms with Crippen molar-refractivity contribution < 1.29 is 10.3 Å². The Labute approximate surface area is 113 Å². The van der Waals surface area contributed by atoms with Gasteiger partial charge in [-0.15, -0.1) is 10.1 Å². The molecule has 0 aromatic heterocycles. The Bertz CT molecular complexity index is 465. The molecule has 0 radical (unpaired) electrons. The summed E-state index contributed by atoms with van der Waals surface area (Å²) < 4.78 is 0. The van der Waals surface area contributed by atoms with E-state index in [1.54, 1.807) is 12.1 Å². The highest BCUT2D eigenvalue weighted by Gasteiger charge is 1.93. The molecule has 7 N–H and O–H groups in total. The lowest BCUT2D eigenvalue weighted by atomic mass is 10.2. The molecule has 0 aliphatic heterocycles. The molecule has 0 unspecified atom stereocenters. The molecular weight excluding hydrogens is 276 g/mol. The molecule has 0 aliphatic rings. The van der Waals surface area contributed by atoms with Gasteiger partial charge in [-0.1, -0.05) is 23.7 Å². The van der Waals surface area contributed by atoms with Gasteiger partial charge in [0.15, 0.2) is 5.96 Å². The third-order valence-corrected chi connectivity index (χ3v) is 1.83. The van der Waals surface area contributed by atoms with Crippen LogP contribution in [0.5, 0.6) is 0 Å². The minimum absolute atomic E-state index is 0.0601. The monoisotopic (exact) mass is 288 g/mol. The van der Waals surface area contributed by atoms with E-state index >= 15 is 0 Å². The number of rotatable bonds is 2. The molecule has 10 heteroatoms. The van der Waals surface area contributed by atoms with Crippen LogP contribution in [-0.2, 0) is 6.54 Å². The van der Waals surface area contributed by atoms with Crippen LogP contribution in [0.1, 0.15) is 5.56 Å². The summed E-state index contributed by atoms with van der Waals surface area (Å²) in [6, 6.07) is 7.27. The predicted molar refractivity (Wildman–Crippen MR) is 71.4 cm³/mol. The second-order valence-corrected chi connectivity index (χ2v) is 3.51. The molecular formula is C9H13ClN6O3. The van der Waals surface area contributed by atoms with E-state index < -0.39 is 5.09 Å². The number of aliphatic imine (C=N–C) groups is 2. The van der Waals surface area contributed by atoms with Crippen molar-refractivity contribution in [2.45, 2.75) is 6.54 Å². The van der Waals surface area contributed by atoms with Gasteiger partial charge in [0.2, 0.25) is 5.96 Å². The molecule has 0 heterocycles. The maximum Gasteiger partial charge on any atom is 0.291 e. The third kappa shape index (κ3) is 10.3. The topological polar surface area (TPSA) is 166 Å². The first-order chi connectivity index (χ1) is 8.81. The lowest BCUT2D eigenvalue weighted by molar-refractivity contribution is -0.742. The fraction of sp³-hybridized carbons (Fsp3) is 0.111. The van der Waals surface area contributed by atoms with Crippen molar-refractivity contribution in [2.75, 3.05) is 0 Å². The van der Waals surface area contributed by atoms with Crippen LogP contribution in [0.15, 0.2) is 34.3 Å². The predicted octanol–water partition coefficient (Wildman–Crippen LogP) is 0.0804. The quantitative estimate of drug-likeness (QED) is 0.260. The van der Waals surface area contributed by atoms with Gasteiger partial charge in [-0.2, -0.15) is 4.99 Å². The highest BCUT2D eigenvalue weighted by Crippen LogP contribution is 2.09. The molecule has 104 valence electrons. The van der Waals surface area contributed by atoms with Crippen LogP contribution in [0.2, 0.25) is 5.02 Å². The summed E-state index contributed by atoms with van der Waals surface area (Å²) in [7, 11) is 0. The molecule has 1 aromatic rings. The zero-order valence-corrected chi connectivity index (χ0v) is 10.5. The van der Waals surface area contributed by atoms with Gasteiger partial charge in [0.05, 0.1) is 6.54 Å². The minimum Gasteiger partial charge on any atom is -0.370 e. The summed E-state index contributed by atoms with van der Waals surface area (Å²) in [6.45, 7) is 0.416. The molecule has 9 nitrogen and oxygen atoms in total. The highest BCUT2D eigenvalue weighted by atomic mass is 35.5. The molecule has 0 spiro atoms. The summed E-state index contributed by atoms with van der Waals surface area (Å²) in [5, 5.41) is 14.3. The smallest absolute Gasteiger partial charge is 0.291 e. The van der Waals surface area contributed by atoms with E-state index in [9.17, 15) is 0 Å². The molecule has 0 fully saturated rings. The zero-order chi connectivity index (χ0) is 14.8. The van der Waals surface area contributed by atoms with Crippen LogP contribution in [-0.4, -0.2) is 22.2 Å². The van der Waals surface area contributed by atoms with Gasteiger partial charge in [-0.25, -0.2) is 4.99 Å². The van der Waals surface area contributed by atoms with E-state index in [1.165, 1.54) is 0 Å². The van der Waals surface area contributed by atoms with Crippen LogP contribution >= 0.6 is 11.6 Å². The van der Waals surface area contributed by atoms with E-state index in [-0.39, 0.29) is 11.9 Å². The van der Waals surface area contributed by atoms with Crippen LogP contribution in [0.25, 0.3) is 0 Å². The Kier molecular flexibility index (Phi) is 7.38. The minimum atomic E-state index is -1.50. The molecule has 0 saturated carbocycles. The largest absolute Gasteiger partial charge is 0.370 e. The first-order valence-electron chi connectivity index (χ1n) is 4.78. The SMILES string of the molecule is NC(N)=NC(N)=NCc1ccc(Cl)cc1.O=[N+]([O-])O. The molecule has 19 heavy (non-hydrogen) atoms. The normalized spacial score (nSPS) is 10.1. The first kappa shape index (κ1) is 16.4. The van der Waals surface area contributed by atoms with Gasteiger partial charge < -0.3 is 22.4 Å². The fourth-order valence-corrected chi connectivity index (χ4v) is 1.06. The van der Waals surface area contributed by atoms with Crippen molar-refractivity contribution in [1.82, 2.24) is 0 Å². The van der Waals surface area contributed by atoms with Gasteiger partial charge in [-0.3, -0.25) is 0 Å². The lowest BCUT2D eigenvalue weighted by Crippen LogP contribution is -2.26. The number of nitrogens with zero attached hydrogens (tertiary/aromatic N) is 3. The first-order valence-corrected chi connectivity index (χ1v) is 5.16. The van der Waals surface area contributed by atoms with Gasteiger partial charge in [0.25, 0.3) is 5.09 Å². The maximum absolute atomic E-state index is 8.36. The highest BCUT2D eigenvalue weighted by molar-refractivity contribution is 6.30. The van der Waals surface area contributed by atoms with Crippen molar-refractivity contribution in [1.29, 1.82) is 0 Å². The number of hydrogen-bond acceptors (Lipinski definition) is 3. The molecule has 1 aromatic carbocycles. The second kappa shape index (κ2) is 8.53. The van der Waals surface area contributed by atoms with Crippen molar-refractivity contribution in [2.24, 2.45) is 27.2 Å². The van der Waals surface area contributed by atoms with Crippen molar-refractivity contribution in [3.63, 3.8) is 0 Å². The van der Waals surface area contributed by atoms with Crippen LogP contribution in [0.3, 0.4) is 0 Å². The van der Waals surface area contributed by atoms with E-state index in [1.807, 2.05) is 12.1 Å². The standard InChI is InChI=1S/C9H12ClN5.HNO3/c10-7-3-1-6(2-4-7)5-14-9(13)15-8(11)12;2-1(3)4/h1-4H,5H2,(H6,11,12,13,14,15);(H,2,3,4).